The fourth-order valence-corrected chi connectivity index (χ4v) is 2.23. The van der Waals surface area contributed by atoms with Gasteiger partial charge in [0.25, 0.3) is 0 Å². The second-order valence-electron chi connectivity index (χ2n) is 4.32. The van der Waals surface area contributed by atoms with Crippen molar-refractivity contribution in [2.45, 2.75) is 52.0 Å². The van der Waals surface area contributed by atoms with Crippen LogP contribution in [0, 0.1) is 17.2 Å². The minimum Gasteiger partial charge on any atom is -0.288 e. The Morgan fingerprint density at radius 3 is 2.64 bits per heavy atom. The average Bonchev–Trinajstić information content (AvgIpc) is 2.26. The molecule has 0 aromatic rings. The summed E-state index contributed by atoms with van der Waals surface area (Å²) in [6.07, 6.45) is 6.07. The van der Waals surface area contributed by atoms with E-state index >= 15 is 0 Å². The second-order valence-corrected chi connectivity index (χ2v) is 4.32. The van der Waals surface area contributed by atoms with Crippen LogP contribution in [0.4, 0.5) is 0 Å². The number of nitriles is 1. The van der Waals surface area contributed by atoms with E-state index in [4.69, 9.17) is 5.26 Å². The SMILES string of the molecule is CCC(CC)CN1CCCCC1C#N. The first-order chi connectivity index (χ1) is 6.81. The van der Waals surface area contributed by atoms with Gasteiger partial charge in [-0.15, -0.1) is 0 Å². The molecule has 0 aliphatic carbocycles. The number of hydrogen-bond acceptors (Lipinski definition) is 2. The van der Waals surface area contributed by atoms with Gasteiger partial charge in [-0.25, -0.2) is 0 Å². The van der Waals surface area contributed by atoms with Crippen LogP contribution in [-0.2, 0) is 0 Å². The zero-order chi connectivity index (χ0) is 10.4. The fourth-order valence-electron chi connectivity index (χ4n) is 2.23. The lowest BCUT2D eigenvalue weighted by Crippen LogP contribution is -2.41. The van der Waals surface area contributed by atoms with E-state index in [1.807, 2.05) is 0 Å². The Bertz CT molecular complexity index is 191. The lowest BCUT2D eigenvalue weighted by Gasteiger charge is -2.33. The molecular formula is C12H22N2. The van der Waals surface area contributed by atoms with Crippen LogP contribution in [0.25, 0.3) is 0 Å². The molecule has 0 aromatic heterocycles. The van der Waals surface area contributed by atoms with Crippen molar-refractivity contribution in [2.24, 2.45) is 5.92 Å². The Labute approximate surface area is 87.9 Å². The van der Waals surface area contributed by atoms with Crippen LogP contribution >= 0.6 is 0 Å². The molecule has 1 aliphatic heterocycles. The van der Waals surface area contributed by atoms with E-state index in [0.29, 0.717) is 0 Å². The Morgan fingerprint density at radius 1 is 1.36 bits per heavy atom. The summed E-state index contributed by atoms with van der Waals surface area (Å²) in [6, 6.07) is 2.63. The standard InChI is InChI=1S/C12H22N2/c1-3-11(4-2)10-14-8-6-5-7-12(14)9-13/h11-12H,3-8,10H2,1-2H3. The highest BCUT2D eigenvalue weighted by molar-refractivity contribution is 4.94. The van der Waals surface area contributed by atoms with Crippen molar-refractivity contribution in [3.05, 3.63) is 0 Å². The number of nitrogens with zero attached hydrogens (tertiary/aromatic N) is 2. The van der Waals surface area contributed by atoms with Crippen molar-refractivity contribution >= 4 is 0 Å². The van der Waals surface area contributed by atoms with E-state index in [9.17, 15) is 0 Å². The van der Waals surface area contributed by atoms with Crippen molar-refractivity contribution in [3.8, 4) is 6.07 Å². The topological polar surface area (TPSA) is 27.0 Å². The smallest absolute Gasteiger partial charge is 0.0978 e. The van der Waals surface area contributed by atoms with Crippen LogP contribution in [-0.4, -0.2) is 24.0 Å². The molecule has 80 valence electrons. The van der Waals surface area contributed by atoms with E-state index in [0.717, 1.165) is 25.4 Å². The molecule has 0 N–H and O–H groups in total. The summed E-state index contributed by atoms with van der Waals surface area (Å²) in [6.45, 7) is 6.76. The monoisotopic (exact) mass is 194 g/mol. The van der Waals surface area contributed by atoms with Crippen LogP contribution < -0.4 is 0 Å². The van der Waals surface area contributed by atoms with Gasteiger partial charge in [-0.2, -0.15) is 5.26 Å². The van der Waals surface area contributed by atoms with Gasteiger partial charge in [-0.05, 0) is 31.7 Å². The molecule has 2 nitrogen and oxygen atoms in total. The van der Waals surface area contributed by atoms with Crippen molar-refractivity contribution < 1.29 is 0 Å². The van der Waals surface area contributed by atoms with Gasteiger partial charge in [0.1, 0.15) is 0 Å². The summed E-state index contributed by atoms with van der Waals surface area (Å²) >= 11 is 0. The van der Waals surface area contributed by atoms with E-state index in [2.05, 4.69) is 24.8 Å². The molecule has 1 heterocycles. The van der Waals surface area contributed by atoms with Crippen molar-refractivity contribution in [1.82, 2.24) is 4.90 Å². The normalized spacial score (nSPS) is 23.7. The van der Waals surface area contributed by atoms with E-state index < -0.39 is 0 Å². The average molecular weight is 194 g/mol. The molecule has 1 saturated heterocycles. The Morgan fingerprint density at radius 2 is 2.07 bits per heavy atom. The molecular weight excluding hydrogens is 172 g/mol. The molecule has 0 radical (unpaired) electrons. The summed E-state index contributed by atoms with van der Waals surface area (Å²) in [5.74, 6) is 0.781. The van der Waals surface area contributed by atoms with Gasteiger partial charge in [0.15, 0.2) is 0 Å². The van der Waals surface area contributed by atoms with Crippen molar-refractivity contribution in [3.63, 3.8) is 0 Å². The first kappa shape index (κ1) is 11.5. The number of piperidine rings is 1. The summed E-state index contributed by atoms with van der Waals surface area (Å²) < 4.78 is 0. The minimum absolute atomic E-state index is 0.198. The molecule has 0 aromatic carbocycles. The first-order valence-corrected chi connectivity index (χ1v) is 5.95. The lowest BCUT2D eigenvalue weighted by molar-refractivity contribution is 0.153. The molecule has 1 atom stereocenters. The Balaban J connectivity index is 2.44. The van der Waals surface area contributed by atoms with Crippen molar-refractivity contribution in [2.75, 3.05) is 13.1 Å². The van der Waals surface area contributed by atoms with Gasteiger partial charge < -0.3 is 0 Å². The molecule has 0 amide bonds. The van der Waals surface area contributed by atoms with Crippen LogP contribution in [0.1, 0.15) is 46.0 Å². The Hall–Kier alpha value is -0.550. The molecule has 14 heavy (non-hydrogen) atoms. The van der Waals surface area contributed by atoms with E-state index in [1.165, 1.54) is 25.7 Å². The van der Waals surface area contributed by atoms with Gasteiger partial charge in [-0.3, -0.25) is 4.90 Å². The van der Waals surface area contributed by atoms with Gasteiger partial charge in [0.2, 0.25) is 0 Å². The molecule has 1 aliphatic rings. The maximum absolute atomic E-state index is 9.03. The third kappa shape index (κ3) is 2.99. The first-order valence-electron chi connectivity index (χ1n) is 5.95. The predicted molar refractivity (Wildman–Crippen MR) is 58.9 cm³/mol. The van der Waals surface area contributed by atoms with Gasteiger partial charge >= 0.3 is 0 Å². The number of hydrogen-bond donors (Lipinski definition) is 0. The molecule has 1 unspecified atom stereocenters. The highest BCUT2D eigenvalue weighted by Gasteiger charge is 2.23. The van der Waals surface area contributed by atoms with Crippen LogP contribution in [0.3, 0.4) is 0 Å². The largest absolute Gasteiger partial charge is 0.288 e. The minimum atomic E-state index is 0.198. The number of rotatable bonds is 4. The summed E-state index contributed by atoms with van der Waals surface area (Å²) in [4.78, 5) is 2.39. The second kappa shape index (κ2) is 6.03. The molecule has 2 heteroatoms. The van der Waals surface area contributed by atoms with Crippen LogP contribution in [0.15, 0.2) is 0 Å². The molecule has 0 spiro atoms. The van der Waals surface area contributed by atoms with E-state index in [-0.39, 0.29) is 6.04 Å². The quantitative estimate of drug-likeness (QED) is 0.688. The summed E-state index contributed by atoms with van der Waals surface area (Å²) in [7, 11) is 0. The molecule has 0 saturated carbocycles. The third-order valence-corrected chi connectivity index (χ3v) is 3.41. The van der Waals surface area contributed by atoms with E-state index in [1.54, 1.807) is 0 Å². The third-order valence-electron chi connectivity index (χ3n) is 3.41. The van der Waals surface area contributed by atoms with Crippen LogP contribution in [0.2, 0.25) is 0 Å². The summed E-state index contributed by atoms with van der Waals surface area (Å²) in [5.41, 5.74) is 0. The predicted octanol–water partition coefficient (Wildman–Crippen LogP) is 2.80. The molecule has 0 bridgehead atoms. The van der Waals surface area contributed by atoms with Crippen LogP contribution in [0.5, 0.6) is 0 Å². The summed E-state index contributed by atoms with van der Waals surface area (Å²) in [5, 5.41) is 9.03. The van der Waals surface area contributed by atoms with Gasteiger partial charge in [-0.1, -0.05) is 26.7 Å². The lowest BCUT2D eigenvalue weighted by atomic mass is 9.98. The van der Waals surface area contributed by atoms with Gasteiger partial charge in [0, 0.05) is 6.54 Å². The maximum atomic E-state index is 9.03. The molecule has 1 fully saturated rings. The maximum Gasteiger partial charge on any atom is 0.0978 e. The fraction of sp³-hybridized carbons (Fsp3) is 0.917. The van der Waals surface area contributed by atoms with Crippen molar-refractivity contribution in [1.29, 1.82) is 5.26 Å². The zero-order valence-corrected chi connectivity index (χ0v) is 9.50. The number of likely N-dealkylation sites (tertiary alicyclic amines) is 1. The van der Waals surface area contributed by atoms with Gasteiger partial charge in [0.05, 0.1) is 12.1 Å². The molecule has 1 rings (SSSR count). The highest BCUT2D eigenvalue weighted by Crippen LogP contribution is 2.19. The highest BCUT2D eigenvalue weighted by atomic mass is 15.2. The zero-order valence-electron chi connectivity index (χ0n) is 9.50. The Kier molecular flexibility index (Phi) is 4.97.